The van der Waals surface area contributed by atoms with Gasteiger partial charge in [-0.1, -0.05) is 52.0 Å². The molecule has 0 saturated carbocycles. The number of hydrogen-bond donors (Lipinski definition) is 0. The van der Waals surface area contributed by atoms with Gasteiger partial charge in [0.05, 0.1) is 30.6 Å². The highest BCUT2D eigenvalue weighted by Crippen LogP contribution is 2.49. The second-order valence-corrected chi connectivity index (χ2v) is 12.2. The maximum Gasteiger partial charge on any atom is 0.341 e. The number of carbonyl (C=O) groups excluding carboxylic acids is 1. The molecule has 2 aromatic carbocycles. The average Bonchev–Trinajstić information content (AvgIpc) is 2.84. The third-order valence-corrected chi connectivity index (χ3v) is 7.87. The highest BCUT2D eigenvalue weighted by atomic mass is 32.2. The van der Waals surface area contributed by atoms with Crippen LogP contribution in [0.5, 0.6) is 5.75 Å². The van der Waals surface area contributed by atoms with Crippen molar-refractivity contribution in [1.82, 2.24) is 0 Å². The van der Waals surface area contributed by atoms with Gasteiger partial charge in [-0.25, -0.2) is 9.59 Å². The summed E-state index contributed by atoms with van der Waals surface area (Å²) in [6, 6.07) is 14.5. The Hall–Kier alpha value is -2.84. The number of benzene rings is 2. The summed E-state index contributed by atoms with van der Waals surface area (Å²) < 4.78 is 22.2. The lowest BCUT2D eigenvalue weighted by atomic mass is 10.0. The molecule has 1 heterocycles. The summed E-state index contributed by atoms with van der Waals surface area (Å²) in [4.78, 5) is 24.6. The first-order chi connectivity index (χ1) is 17.2. The molecule has 0 amide bonds. The van der Waals surface area contributed by atoms with E-state index in [9.17, 15) is 9.59 Å². The molecule has 0 N–H and O–H groups in total. The molecule has 0 unspecified atom stereocenters. The third kappa shape index (κ3) is 6.89. The topological polar surface area (TPSA) is 75.0 Å². The third-order valence-electron chi connectivity index (χ3n) is 5.15. The van der Waals surface area contributed by atoms with Crippen LogP contribution in [-0.2, 0) is 20.9 Å². The maximum atomic E-state index is 12.4. The maximum absolute atomic E-state index is 12.4. The molecule has 0 aliphatic rings. The van der Waals surface area contributed by atoms with Crippen LogP contribution in [0.3, 0.4) is 0 Å². The first-order valence-electron chi connectivity index (χ1n) is 11.6. The van der Waals surface area contributed by atoms with Gasteiger partial charge in [0.1, 0.15) is 23.5 Å². The number of fused-ring (bicyclic) bond motifs is 1. The predicted octanol–water partition coefficient (Wildman–Crippen LogP) is 6.81. The molecule has 1 aromatic heterocycles. The average molecular weight is 529 g/mol. The first-order valence-corrected chi connectivity index (χ1v) is 13.5. The van der Waals surface area contributed by atoms with Crippen molar-refractivity contribution < 1.29 is 23.4 Å². The van der Waals surface area contributed by atoms with Crippen LogP contribution >= 0.6 is 23.5 Å². The van der Waals surface area contributed by atoms with Crippen molar-refractivity contribution in [2.24, 2.45) is 0 Å². The zero-order chi connectivity index (χ0) is 26.2. The van der Waals surface area contributed by atoms with Crippen molar-refractivity contribution in [2.75, 3.05) is 14.2 Å². The normalized spacial score (nSPS) is 12.0. The van der Waals surface area contributed by atoms with Crippen LogP contribution in [0.1, 0.15) is 49.0 Å². The number of carbonyl (C=O) groups is 1. The number of esters is 1. The van der Waals surface area contributed by atoms with Crippen LogP contribution in [-0.4, -0.2) is 30.7 Å². The summed E-state index contributed by atoms with van der Waals surface area (Å²) in [5.41, 5.74) is 2.73. The van der Waals surface area contributed by atoms with Gasteiger partial charge in [-0.2, -0.15) is 0 Å². The fourth-order valence-corrected chi connectivity index (χ4v) is 6.96. The summed E-state index contributed by atoms with van der Waals surface area (Å²) in [6.45, 7) is 8.77. The van der Waals surface area contributed by atoms with E-state index in [2.05, 4.69) is 27.7 Å². The number of hydrogen-bond acceptors (Lipinski definition) is 8. The van der Waals surface area contributed by atoms with E-state index < -0.39 is 11.6 Å². The lowest BCUT2D eigenvalue weighted by Gasteiger charge is -2.24. The van der Waals surface area contributed by atoms with Crippen molar-refractivity contribution in [1.29, 1.82) is 0 Å². The monoisotopic (exact) mass is 528 g/mol. The van der Waals surface area contributed by atoms with Gasteiger partial charge in [0, 0.05) is 22.0 Å². The Labute approximate surface area is 220 Å². The molecule has 0 spiro atoms. The molecule has 3 rings (SSSR count). The second kappa shape index (κ2) is 12.9. The van der Waals surface area contributed by atoms with Gasteiger partial charge < -0.3 is 18.6 Å². The van der Waals surface area contributed by atoms with Crippen molar-refractivity contribution in [2.45, 2.75) is 49.4 Å². The van der Waals surface area contributed by atoms with Gasteiger partial charge in [-0.05, 0) is 29.3 Å². The second-order valence-electron chi connectivity index (χ2n) is 8.56. The Bertz CT molecular complexity index is 1270. The molecule has 8 heteroatoms. The molecule has 192 valence electrons. The highest BCUT2D eigenvalue weighted by Gasteiger charge is 2.25. The zero-order valence-corrected chi connectivity index (χ0v) is 23.0. The molecule has 0 radical (unpaired) electrons. The predicted molar refractivity (Wildman–Crippen MR) is 148 cm³/mol. The molecule has 36 heavy (non-hydrogen) atoms. The summed E-state index contributed by atoms with van der Waals surface area (Å²) in [5, 5.41) is 1.54. The number of rotatable bonds is 11. The Morgan fingerprint density at radius 2 is 1.64 bits per heavy atom. The fraction of sp³-hybridized carbons (Fsp3) is 0.357. The van der Waals surface area contributed by atoms with Crippen LogP contribution < -0.4 is 10.4 Å². The number of methoxy groups -OCH3 is 2. The van der Waals surface area contributed by atoms with E-state index >= 15 is 0 Å². The van der Waals surface area contributed by atoms with Crippen LogP contribution in [0, 0.1) is 0 Å². The minimum atomic E-state index is -0.501. The van der Waals surface area contributed by atoms with Crippen molar-refractivity contribution >= 4 is 46.0 Å². The fourth-order valence-electron chi connectivity index (χ4n) is 3.66. The highest BCUT2D eigenvalue weighted by molar-refractivity contribution is 8.16. The van der Waals surface area contributed by atoms with E-state index in [1.807, 2.05) is 36.4 Å². The van der Waals surface area contributed by atoms with Gasteiger partial charge in [-0.3, -0.25) is 0 Å². The number of ether oxygens (including phenoxy) is 3. The first kappa shape index (κ1) is 27.7. The van der Waals surface area contributed by atoms with E-state index in [1.165, 1.54) is 26.5 Å². The van der Waals surface area contributed by atoms with Gasteiger partial charge >= 0.3 is 11.6 Å². The van der Waals surface area contributed by atoms with E-state index in [4.69, 9.17) is 18.6 Å². The molecular weight excluding hydrogens is 496 g/mol. The van der Waals surface area contributed by atoms with E-state index in [-0.39, 0.29) is 11.2 Å². The molecule has 0 aliphatic carbocycles. The Morgan fingerprint density at radius 3 is 2.28 bits per heavy atom. The van der Waals surface area contributed by atoms with Crippen molar-refractivity contribution in [3.63, 3.8) is 0 Å². The summed E-state index contributed by atoms with van der Waals surface area (Å²) in [5.74, 6) is 0.132. The molecule has 0 aliphatic heterocycles. The smallest absolute Gasteiger partial charge is 0.341 e. The molecule has 6 nitrogen and oxygen atoms in total. The van der Waals surface area contributed by atoms with E-state index in [0.29, 0.717) is 33.0 Å². The van der Waals surface area contributed by atoms with Crippen LogP contribution in [0.25, 0.3) is 16.5 Å². The Morgan fingerprint density at radius 1 is 0.972 bits per heavy atom. The quantitative estimate of drug-likeness (QED) is 0.0883. The minimum Gasteiger partial charge on any atom is -0.503 e. The van der Waals surface area contributed by atoms with Crippen molar-refractivity contribution in [3.05, 3.63) is 81.9 Å². The molecule has 3 aromatic rings. The van der Waals surface area contributed by atoms with Crippen molar-refractivity contribution in [3.8, 4) is 5.75 Å². The van der Waals surface area contributed by atoms with Crippen LogP contribution in [0.2, 0.25) is 0 Å². The van der Waals surface area contributed by atoms with Gasteiger partial charge in [0.25, 0.3) is 0 Å². The SMILES string of the molecule is CO/C=C(/C(=O)OC)c1ccccc1COc1ccc2ccc(=O)oc2c1C(SC(C)C)SC(C)C. The molecule has 0 bridgehead atoms. The summed E-state index contributed by atoms with van der Waals surface area (Å²) >= 11 is 3.59. The standard InChI is InChI=1S/C28H32O6S2/c1-17(2)35-28(36-18(3)4)25-23(13-11-19-12-14-24(29)34-26(19)25)33-15-20-9-7-8-10-21(20)22(16-31-5)27(30)32-6/h7-14,16-18,28H,15H2,1-6H3/b22-16+. The zero-order valence-electron chi connectivity index (χ0n) is 21.4. The number of thioether (sulfide) groups is 2. The van der Waals surface area contributed by atoms with Gasteiger partial charge in [0.15, 0.2) is 0 Å². The van der Waals surface area contributed by atoms with Crippen LogP contribution in [0.15, 0.2) is 64.0 Å². The van der Waals surface area contributed by atoms with E-state index in [0.717, 1.165) is 16.5 Å². The van der Waals surface area contributed by atoms with Gasteiger partial charge in [-0.15, -0.1) is 23.5 Å². The van der Waals surface area contributed by atoms with Crippen LogP contribution in [0.4, 0.5) is 0 Å². The molecule has 0 atom stereocenters. The lowest BCUT2D eigenvalue weighted by Crippen LogP contribution is -2.09. The summed E-state index contributed by atoms with van der Waals surface area (Å²) in [6.07, 6.45) is 1.37. The molecule has 0 fully saturated rings. The van der Waals surface area contributed by atoms with Gasteiger partial charge in [0.2, 0.25) is 0 Å². The largest absolute Gasteiger partial charge is 0.503 e. The Kier molecular flexibility index (Phi) is 9.96. The minimum absolute atomic E-state index is 0.0106. The lowest BCUT2D eigenvalue weighted by molar-refractivity contribution is -0.133. The Balaban J connectivity index is 2.09. The summed E-state index contributed by atoms with van der Waals surface area (Å²) in [7, 11) is 2.81. The van der Waals surface area contributed by atoms with E-state index in [1.54, 1.807) is 29.6 Å². The molecular formula is C28H32O6S2. The molecule has 0 saturated heterocycles.